The van der Waals surface area contributed by atoms with Crippen molar-refractivity contribution < 1.29 is 4.79 Å². The minimum Gasteiger partial charge on any atom is -0.341 e. The Morgan fingerprint density at radius 3 is 2.56 bits per heavy atom. The minimum atomic E-state index is -0.232. The molecule has 2 aliphatic rings. The number of nitrogens with one attached hydrogen (secondary N) is 1. The van der Waals surface area contributed by atoms with Crippen LogP contribution >= 0.6 is 12.4 Å². The number of amides is 1. The molecule has 1 atom stereocenters. The van der Waals surface area contributed by atoms with Crippen molar-refractivity contribution in [3.63, 3.8) is 0 Å². The van der Waals surface area contributed by atoms with Crippen LogP contribution in [0.4, 0.5) is 0 Å². The third-order valence-corrected chi connectivity index (χ3v) is 4.21. The molecule has 0 aromatic heterocycles. The summed E-state index contributed by atoms with van der Waals surface area (Å²) in [6, 6.07) is 0. The second-order valence-electron chi connectivity index (χ2n) is 5.66. The second kappa shape index (κ2) is 6.76. The highest BCUT2D eigenvalue weighted by molar-refractivity contribution is 5.86. The summed E-state index contributed by atoms with van der Waals surface area (Å²) in [5.74, 6) is 1.16. The van der Waals surface area contributed by atoms with E-state index in [9.17, 15) is 4.79 Å². The molecule has 1 unspecified atom stereocenters. The fourth-order valence-electron chi connectivity index (χ4n) is 2.90. The van der Waals surface area contributed by atoms with E-state index >= 15 is 0 Å². The van der Waals surface area contributed by atoms with E-state index in [4.69, 9.17) is 0 Å². The van der Waals surface area contributed by atoms with Gasteiger partial charge in [-0.25, -0.2) is 0 Å². The molecule has 0 spiro atoms. The van der Waals surface area contributed by atoms with E-state index in [1.165, 1.54) is 12.8 Å². The molecule has 0 radical (unpaired) electrons. The van der Waals surface area contributed by atoms with Crippen molar-refractivity contribution in [2.75, 3.05) is 19.6 Å². The molecule has 0 bridgehead atoms. The number of halogens is 1. The van der Waals surface area contributed by atoms with Gasteiger partial charge in [0.2, 0.25) is 5.91 Å². The van der Waals surface area contributed by atoms with Gasteiger partial charge in [-0.2, -0.15) is 0 Å². The fraction of sp³-hybridized carbons (Fsp3) is 0.929. The van der Waals surface area contributed by atoms with Crippen molar-refractivity contribution in [2.24, 2.45) is 5.92 Å². The van der Waals surface area contributed by atoms with Crippen LogP contribution in [0.1, 0.15) is 52.4 Å². The monoisotopic (exact) mass is 274 g/mol. The van der Waals surface area contributed by atoms with Crippen molar-refractivity contribution in [1.29, 1.82) is 0 Å². The highest BCUT2D eigenvalue weighted by Gasteiger charge is 2.42. The van der Waals surface area contributed by atoms with Crippen molar-refractivity contribution in [2.45, 2.75) is 57.9 Å². The quantitative estimate of drug-likeness (QED) is 0.807. The Morgan fingerprint density at radius 1 is 1.39 bits per heavy atom. The lowest BCUT2D eigenvalue weighted by Crippen LogP contribution is -2.55. The van der Waals surface area contributed by atoms with E-state index in [1.807, 2.05) is 0 Å². The summed E-state index contributed by atoms with van der Waals surface area (Å²) >= 11 is 0. The molecule has 3 nitrogen and oxygen atoms in total. The average molecular weight is 275 g/mol. The van der Waals surface area contributed by atoms with E-state index < -0.39 is 0 Å². The third kappa shape index (κ3) is 3.39. The van der Waals surface area contributed by atoms with Gasteiger partial charge in [-0.05, 0) is 51.0 Å². The standard InChI is InChI=1S/C14H26N2O.ClH/c1-3-10-16(11-12-6-7-12)13(17)14(4-2)8-5-9-15-14;/h12,15H,3-11H2,1-2H3;1H. The number of carbonyl (C=O) groups is 1. The van der Waals surface area contributed by atoms with Gasteiger partial charge in [-0.3, -0.25) is 4.79 Å². The summed E-state index contributed by atoms with van der Waals surface area (Å²) < 4.78 is 0. The molecule has 4 heteroatoms. The predicted octanol–water partition coefficient (Wildman–Crippen LogP) is 2.59. The van der Waals surface area contributed by atoms with Crippen LogP contribution in [-0.4, -0.2) is 36.0 Å². The molecule has 1 aliphatic carbocycles. The molecule has 18 heavy (non-hydrogen) atoms. The van der Waals surface area contributed by atoms with Gasteiger partial charge in [0.1, 0.15) is 0 Å². The molecule has 1 heterocycles. The largest absolute Gasteiger partial charge is 0.341 e. The van der Waals surface area contributed by atoms with Crippen LogP contribution in [0.5, 0.6) is 0 Å². The lowest BCUT2D eigenvalue weighted by atomic mass is 9.92. The highest BCUT2D eigenvalue weighted by Crippen LogP contribution is 2.32. The van der Waals surface area contributed by atoms with Gasteiger partial charge in [-0.15, -0.1) is 12.4 Å². The van der Waals surface area contributed by atoms with Gasteiger partial charge in [0, 0.05) is 13.1 Å². The van der Waals surface area contributed by atoms with Crippen LogP contribution in [0.2, 0.25) is 0 Å². The lowest BCUT2D eigenvalue weighted by molar-refractivity contribution is -0.138. The van der Waals surface area contributed by atoms with Gasteiger partial charge < -0.3 is 10.2 Å². The first kappa shape index (κ1) is 15.8. The van der Waals surface area contributed by atoms with Crippen LogP contribution in [0.15, 0.2) is 0 Å². The molecule has 1 amide bonds. The zero-order valence-corrected chi connectivity index (χ0v) is 12.5. The Morgan fingerprint density at radius 2 is 2.11 bits per heavy atom. The maximum absolute atomic E-state index is 12.7. The lowest BCUT2D eigenvalue weighted by Gasteiger charge is -2.34. The van der Waals surface area contributed by atoms with Gasteiger partial charge in [0.25, 0.3) is 0 Å². The molecule has 1 N–H and O–H groups in total. The van der Waals surface area contributed by atoms with E-state index in [2.05, 4.69) is 24.1 Å². The summed E-state index contributed by atoms with van der Waals surface area (Å²) in [5.41, 5.74) is -0.232. The molecule has 2 fully saturated rings. The molecule has 0 aromatic rings. The van der Waals surface area contributed by atoms with Gasteiger partial charge >= 0.3 is 0 Å². The van der Waals surface area contributed by atoms with Crippen molar-refractivity contribution >= 4 is 18.3 Å². The van der Waals surface area contributed by atoms with Gasteiger partial charge in [0.05, 0.1) is 5.54 Å². The van der Waals surface area contributed by atoms with Crippen LogP contribution < -0.4 is 5.32 Å². The Bertz CT molecular complexity index is 273. The Balaban J connectivity index is 0.00000162. The molecule has 106 valence electrons. The highest BCUT2D eigenvalue weighted by atomic mass is 35.5. The molecular weight excluding hydrogens is 248 g/mol. The Kier molecular flexibility index (Phi) is 5.93. The van der Waals surface area contributed by atoms with Crippen molar-refractivity contribution in [1.82, 2.24) is 10.2 Å². The maximum atomic E-state index is 12.7. The van der Waals surface area contributed by atoms with E-state index in [0.717, 1.165) is 51.2 Å². The molecular formula is C14H27ClN2O. The molecule has 1 saturated heterocycles. The first-order valence-electron chi connectivity index (χ1n) is 7.26. The number of hydrogen-bond donors (Lipinski definition) is 1. The fourth-order valence-corrected chi connectivity index (χ4v) is 2.90. The first-order chi connectivity index (χ1) is 8.22. The first-order valence-corrected chi connectivity index (χ1v) is 7.26. The topological polar surface area (TPSA) is 32.3 Å². The van der Waals surface area contributed by atoms with E-state index in [-0.39, 0.29) is 17.9 Å². The molecule has 0 aromatic carbocycles. The molecule has 1 saturated carbocycles. The zero-order chi connectivity index (χ0) is 12.3. The van der Waals surface area contributed by atoms with Gasteiger partial charge in [0.15, 0.2) is 0 Å². The van der Waals surface area contributed by atoms with E-state index in [1.54, 1.807) is 0 Å². The van der Waals surface area contributed by atoms with Crippen LogP contribution in [0.25, 0.3) is 0 Å². The summed E-state index contributed by atoms with van der Waals surface area (Å²) in [7, 11) is 0. The van der Waals surface area contributed by atoms with Gasteiger partial charge in [-0.1, -0.05) is 13.8 Å². The molecule has 2 rings (SSSR count). The second-order valence-corrected chi connectivity index (χ2v) is 5.66. The summed E-state index contributed by atoms with van der Waals surface area (Å²) in [6.07, 6.45) is 6.80. The van der Waals surface area contributed by atoms with Crippen LogP contribution in [-0.2, 0) is 4.79 Å². The SMILES string of the molecule is CCCN(CC1CC1)C(=O)C1(CC)CCCN1.Cl. The third-order valence-electron chi connectivity index (χ3n) is 4.21. The average Bonchev–Trinajstić information content (AvgIpc) is 3.02. The minimum absolute atomic E-state index is 0. The maximum Gasteiger partial charge on any atom is 0.242 e. The van der Waals surface area contributed by atoms with Crippen LogP contribution in [0.3, 0.4) is 0 Å². The number of carbonyl (C=O) groups excluding carboxylic acids is 1. The Hall–Kier alpha value is -0.280. The predicted molar refractivity (Wildman–Crippen MR) is 77.1 cm³/mol. The summed E-state index contributed by atoms with van der Waals surface area (Å²) in [5, 5.41) is 3.46. The Labute approximate surface area is 117 Å². The van der Waals surface area contributed by atoms with Crippen molar-refractivity contribution in [3.8, 4) is 0 Å². The number of nitrogens with zero attached hydrogens (tertiary/aromatic N) is 1. The van der Waals surface area contributed by atoms with E-state index in [0.29, 0.717) is 5.91 Å². The smallest absolute Gasteiger partial charge is 0.242 e. The van der Waals surface area contributed by atoms with Crippen molar-refractivity contribution in [3.05, 3.63) is 0 Å². The summed E-state index contributed by atoms with van der Waals surface area (Å²) in [4.78, 5) is 14.8. The van der Waals surface area contributed by atoms with Crippen LogP contribution in [0, 0.1) is 5.92 Å². The number of rotatable bonds is 6. The zero-order valence-electron chi connectivity index (χ0n) is 11.7. The molecule has 1 aliphatic heterocycles. The number of hydrogen-bond acceptors (Lipinski definition) is 2. The normalized spacial score (nSPS) is 26.8. The summed E-state index contributed by atoms with van der Waals surface area (Å²) in [6.45, 7) is 7.23.